The van der Waals surface area contributed by atoms with Crippen LogP contribution in [-0.4, -0.2) is 36.6 Å². The Bertz CT molecular complexity index is 544. The van der Waals surface area contributed by atoms with E-state index in [2.05, 4.69) is 11.4 Å². The molecule has 0 bridgehead atoms. The molecule has 112 valence electrons. The van der Waals surface area contributed by atoms with Crippen LogP contribution in [0.2, 0.25) is 0 Å². The molecule has 21 heavy (non-hydrogen) atoms. The van der Waals surface area contributed by atoms with E-state index in [0.717, 1.165) is 39.0 Å². The van der Waals surface area contributed by atoms with Crippen molar-refractivity contribution in [3.05, 3.63) is 46.5 Å². The molecule has 0 aliphatic carbocycles. The Morgan fingerprint density at radius 2 is 2.14 bits per heavy atom. The van der Waals surface area contributed by atoms with Gasteiger partial charge in [0.05, 0.1) is 6.26 Å². The smallest absolute Gasteiger partial charge is 0.289 e. The van der Waals surface area contributed by atoms with E-state index in [-0.39, 0.29) is 11.9 Å². The van der Waals surface area contributed by atoms with Crippen molar-refractivity contribution in [2.45, 2.75) is 25.3 Å². The van der Waals surface area contributed by atoms with Crippen molar-refractivity contribution >= 4 is 17.2 Å². The lowest BCUT2D eigenvalue weighted by Gasteiger charge is -2.33. The summed E-state index contributed by atoms with van der Waals surface area (Å²) in [5, 5.41) is 2.07. The number of amides is 1. The van der Waals surface area contributed by atoms with Crippen LogP contribution < -0.4 is 0 Å². The summed E-state index contributed by atoms with van der Waals surface area (Å²) in [6.07, 6.45) is 4.24. The lowest BCUT2D eigenvalue weighted by Crippen LogP contribution is -2.44. The first kappa shape index (κ1) is 14.4. The first-order chi connectivity index (χ1) is 10.3. The second kappa shape index (κ2) is 6.91. The van der Waals surface area contributed by atoms with E-state index in [1.807, 2.05) is 11.0 Å². The summed E-state index contributed by atoms with van der Waals surface area (Å²) < 4.78 is 10.7. The maximum Gasteiger partial charge on any atom is 0.289 e. The van der Waals surface area contributed by atoms with E-state index in [9.17, 15) is 4.79 Å². The molecule has 0 spiro atoms. The van der Waals surface area contributed by atoms with Gasteiger partial charge in [0.25, 0.3) is 5.91 Å². The Kier molecular flexibility index (Phi) is 4.72. The predicted octanol–water partition coefficient (Wildman–Crippen LogP) is 3.21. The number of carbonyl (C=O) groups excluding carboxylic acids is 1. The Balaban J connectivity index is 1.71. The fourth-order valence-corrected chi connectivity index (χ4v) is 3.37. The number of hydrogen-bond acceptors (Lipinski definition) is 4. The van der Waals surface area contributed by atoms with Crippen LogP contribution in [0.25, 0.3) is 0 Å². The lowest BCUT2D eigenvalue weighted by atomic mass is 10.1. The Morgan fingerprint density at radius 1 is 1.29 bits per heavy atom. The van der Waals surface area contributed by atoms with Gasteiger partial charge in [0, 0.05) is 30.7 Å². The molecule has 0 N–H and O–H groups in total. The van der Waals surface area contributed by atoms with E-state index >= 15 is 0 Å². The third kappa shape index (κ3) is 3.54. The van der Waals surface area contributed by atoms with Crippen molar-refractivity contribution in [3.8, 4) is 0 Å². The van der Waals surface area contributed by atoms with Gasteiger partial charge in [-0.25, -0.2) is 0 Å². The van der Waals surface area contributed by atoms with E-state index < -0.39 is 0 Å². The number of hydrogen-bond donors (Lipinski definition) is 0. The highest BCUT2D eigenvalue weighted by Crippen LogP contribution is 2.19. The Hall–Kier alpha value is -1.59. The molecule has 1 aliphatic heterocycles. The van der Waals surface area contributed by atoms with Crippen LogP contribution in [0.5, 0.6) is 0 Å². The number of nitrogens with zero attached hydrogens (tertiary/aromatic N) is 1. The SMILES string of the molecule is O=C(c1ccco1)N(CCc1cccs1)C1CCOCC1. The highest BCUT2D eigenvalue weighted by atomic mass is 32.1. The molecule has 1 amide bonds. The van der Waals surface area contributed by atoms with Crippen LogP contribution in [0, 0.1) is 0 Å². The van der Waals surface area contributed by atoms with Crippen molar-refractivity contribution in [2.24, 2.45) is 0 Å². The van der Waals surface area contributed by atoms with Crippen LogP contribution in [0.4, 0.5) is 0 Å². The van der Waals surface area contributed by atoms with Crippen LogP contribution >= 0.6 is 11.3 Å². The normalized spacial score (nSPS) is 16.0. The summed E-state index contributed by atoms with van der Waals surface area (Å²) in [5.41, 5.74) is 0. The van der Waals surface area contributed by atoms with Gasteiger partial charge in [-0.2, -0.15) is 0 Å². The largest absolute Gasteiger partial charge is 0.459 e. The topological polar surface area (TPSA) is 42.7 Å². The molecule has 1 aliphatic rings. The summed E-state index contributed by atoms with van der Waals surface area (Å²) in [4.78, 5) is 15.9. The van der Waals surface area contributed by atoms with E-state index in [4.69, 9.17) is 9.15 Å². The molecule has 4 nitrogen and oxygen atoms in total. The Labute approximate surface area is 128 Å². The molecular formula is C16H19NO3S. The fraction of sp³-hybridized carbons (Fsp3) is 0.438. The number of ether oxygens (including phenoxy) is 1. The monoisotopic (exact) mass is 305 g/mol. The molecule has 0 atom stereocenters. The second-order valence-corrected chi connectivity index (χ2v) is 6.18. The van der Waals surface area contributed by atoms with E-state index in [1.54, 1.807) is 29.7 Å². The first-order valence-corrected chi connectivity index (χ1v) is 8.17. The van der Waals surface area contributed by atoms with Gasteiger partial charge < -0.3 is 14.1 Å². The number of rotatable bonds is 5. The fourth-order valence-electron chi connectivity index (χ4n) is 2.67. The molecule has 2 aromatic rings. The summed E-state index contributed by atoms with van der Waals surface area (Å²) in [6.45, 7) is 2.18. The quantitative estimate of drug-likeness (QED) is 0.852. The summed E-state index contributed by atoms with van der Waals surface area (Å²) in [6, 6.07) is 7.91. The molecule has 1 fully saturated rings. The predicted molar refractivity (Wildman–Crippen MR) is 81.6 cm³/mol. The Morgan fingerprint density at radius 3 is 2.81 bits per heavy atom. The minimum Gasteiger partial charge on any atom is -0.459 e. The van der Waals surface area contributed by atoms with E-state index in [1.165, 1.54) is 4.88 Å². The number of carbonyl (C=O) groups is 1. The molecule has 0 saturated carbocycles. The van der Waals surface area contributed by atoms with Gasteiger partial charge >= 0.3 is 0 Å². The molecule has 0 unspecified atom stereocenters. The minimum atomic E-state index is -0.0107. The zero-order chi connectivity index (χ0) is 14.5. The van der Waals surface area contributed by atoms with Crippen LogP contribution in [0.1, 0.15) is 28.3 Å². The maximum atomic E-state index is 12.7. The molecule has 0 aromatic carbocycles. The standard InChI is InChI=1S/C16H19NO3S/c18-16(15-4-1-9-20-15)17(13-6-10-19-11-7-13)8-5-14-3-2-12-21-14/h1-4,9,12-13H,5-8,10-11H2. The number of thiophene rings is 1. The first-order valence-electron chi connectivity index (χ1n) is 7.29. The van der Waals surface area contributed by atoms with Gasteiger partial charge in [-0.1, -0.05) is 6.07 Å². The average Bonchev–Trinajstić information content (AvgIpc) is 3.22. The van der Waals surface area contributed by atoms with Crippen molar-refractivity contribution < 1.29 is 13.9 Å². The summed E-state index contributed by atoms with van der Waals surface area (Å²) in [5.74, 6) is 0.413. The van der Waals surface area contributed by atoms with Crippen molar-refractivity contribution in [1.82, 2.24) is 4.90 Å². The molecule has 5 heteroatoms. The molecule has 3 rings (SSSR count). The van der Waals surface area contributed by atoms with Crippen molar-refractivity contribution in [3.63, 3.8) is 0 Å². The van der Waals surface area contributed by atoms with Gasteiger partial charge in [-0.05, 0) is 42.8 Å². The average molecular weight is 305 g/mol. The summed E-state index contributed by atoms with van der Waals surface area (Å²) >= 11 is 1.73. The third-order valence-electron chi connectivity index (χ3n) is 3.80. The van der Waals surface area contributed by atoms with E-state index in [0.29, 0.717) is 5.76 Å². The maximum absolute atomic E-state index is 12.7. The highest BCUT2D eigenvalue weighted by molar-refractivity contribution is 7.09. The van der Waals surface area contributed by atoms with Crippen LogP contribution in [-0.2, 0) is 11.2 Å². The molecule has 0 radical (unpaired) electrons. The second-order valence-electron chi connectivity index (χ2n) is 5.15. The zero-order valence-corrected chi connectivity index (χ0v) is 12.7. The van der Waals surface area contributed by atoms with Crippen molar-refractivity contribution in [2.75, 3.05) is 19.8 Å². The highest BCUT2D eigenvalue weighted by Gasteiger charge is 2.27. The zero-order valence-electron chi connectivity index (χ0n) is 11.9. The van der Waals surface area contributed by atoms with Gasteiger partial charge in [-0.15, -0.1) is 11.3 Å². The van der Waals surface area contributed by atoms with Gasteiger partial charge in [-0.3, -0.25) is 4.79 Å². The van der Waals surface area contributed by atoms with Gasteiger partial charge in [0.15, 0.2) is 5.76 Å². The third-order valence-corrected chi connectivity index (χ3v) is 4.74. The van der Waals surface area contributed by atoms with Crippen molar-refractivity contribution in [1.29, 1.82) is 0 Å². The lowest BCUT2D eigenvalue weighted by molar-refractivity contribution is 0.0276. The summed E-state index contributed by atoms with van der Waals surface area (Å²) in [7, 11) is 0. The number of furan rings is 1. The van der Waals surface area contributed by atoms with Gasteiger partial charge in [0.1, 0.15) is 0 Å². The van der Waals surface area contributed by atoms with Crippen LogP contribution in [0.15, 0.2) is 40.3 Å². The molecule has 1 saturated heterocycles. The minimum absolute atomic E-state index is 0.0107. The molecular weight excluding hydrogens is 286 g/mol. The molecule has 3 heterocycles. The molecule has 2 aromatic heterocycles. The van der Waals surface area contributed by atoms with Gasteiger partial charge in [0.2, 0.25) is 0 Å². The van der Waals surface area contributed by atoms with Crippen LogP contribution in [0.3, 0.4) is 0 Å².